The average Bonchev–Trinajstić information content (AvgIpc) is 2.24. The van der Waals surface area contributed by atoms with Crippen molar-refractivity contribution in [2.75, 3.05) is 13.6 Å². The van der Waals surface area contributed by atoms with Gasteiger partial charge in [-0.05, 0) is 25.7 Å². The molecule has 4 heteroatoms. The van der Waals surface area contributed by atoms with Gasteiger partial charge in [0.15, 0.2) is 0 Å². The molecule has 0 saturated heterocycles. The smallest absolute Gasteiger partial charge is 0.248 e. The van der Waals surface area contributed by atoms with Gasteiger partial charge in [0.2, 0.25) is 5.91 Å². The molecular formula is C13H27ClN2O. The highest BCUT2D eigenvalue weighted by Crippen LogP contribution is 2.06. The summed E-state index contributed by atoms with van der Waals surface area (Å²) in [4.78, 5) is 13.6. The minimum absolute atomic E-state index is 0. The second kappa shape index (κ2) is 9.49. The standard InChI is InChI=1S/C13H26N2O.ClH/c1-6-7-11(4)13(16)15(5)9-8-12(14)10(2)3;/h7,10,12H,6,8-9,14H2,1-5H3;1H/b11-7-;. The van der Waals surface area contributed by atoms with Crippen LogP contribution in [-0.2, 0) is 4.79 Å². The van der Waals surface area contributed by atoms with Crippen molar-refractivity contribution >= 4 is 18.3 Å². The zero-order valence-electron chi connectivity index (χ0n) is 11.7. The summed E-state index contributed by atoms with van der Waals surface area (Å²) in [7, 11) is 1.84. The first-order valence-electron chi connectivity index (χ1n) is 6.07. The summed E-state index contributed by atoms with van der Waals surface area (Å²) in [5.74, 6) is 0.577. The fourth-order valence-electron chi connectivity index (χ4n) is 1.47. The van der Waals surface area contributed by atoms with E-state index in [1.54, 1.807) is 4.90 Å². The molecule has 0 saturated carbocycles. The number of carbonyl (C=O) groups is 1. The van der Waals surface area contributed by atoms with Crippen molar-refractivity contribution < 1.29 is 4.79 Å². The van der Waals surface area contributed by atoms with E-state index >= 15 is 0 Å². The summed E-state index contributed by atoms with van der Waals surface area (Å²) >= 11 is 0. The third kappa shape index (κ3) is 7.40. The Bertz CT molecular complexity index is 252. The first-order valence-corrected chi connectivity index (χ1v) is 6.07. The number of halogens is 1. The minimum Gasteiger partial charge on any atom is -0.342 e. The van der Waals surface area contributed by atoms with E-state index in [4.69, 9.17) is 5.73 Å². The molecule has 1 unspecified atom stereocenters. The highest BCUT2D eigenvalue weighted by atomic mass is 35.5. The number of allylic oxidation sites excluding steroid dienone is 1. The van der Waals surface area contributed by atoms with E-state index in [-0.39, 0.29) is 24.4 Å². The molecule has 0 aromatic heterocycles. The van der Waals surface area contributed by atoms with Crippen LogP contribution >= 0.6 is 12.4 Å². The maximum absolute atomic E-state index is 11.8. The van der Waals surface area contributed by atoms with E-state index in [0.717, 1.165) is 25.0 Å². The number of hydrogen-bond acceptors (Lipinski definition) is 2. The van der Waals surface area contributed by atoms with Crippen LogP contribution in [0.5, 0.6) is 0 Å². The summed E-state index contributed by atoms with van der Waals surface area (Å²) in [5, 5.41) is 0. The van der Waals surface area contributed by atoms with Crippen molar-refractivity contribution in [1.29, 1.82) is 0 Å². The van der Waals surface area contributed by atoms with Crippen LogP contribution < -0.4 is 5.73 Å². The van der Waals surface area contributed by atoms with Crippen molar-refractivity contribution in [3.05, 3.63) is 11.6 Å². The van der Waals surface area contributed by atoms with Crippen molar-refractivity contribution in [2.45, 2.75) is 46.6 Å². The Morgan fingerprint density at radius 1 is 1.41 bits per heavy atom. The van der Waals surface area contributed by atoms with Gasteiger partial charge in [0.1, 0.15) is 0 Å². The van der Waals surface area contributed by atoms with Crippen LogP contribution in [0.3, 0.4) is 0 Å². The molecular weight excluding hydrogens is 236 g/mol. The Labute approximate surface area is 112 Å². The Balaban J connectivity index is 0. The topological polar surface area (TPSA) is 46.3 Å². The van der Waals surface area contributed by atoms with Gasteiger partial charge in [-0.15, -0.1) is 12.4 Å². The maximum atomic E-state index is 11.8. The number of amides is 1. The van der Waals surface area contributed by atoms with E-state index in [1.165, 1.54) is 0 Å². The lowest BCUT2D eigenvalue weighted by molar-refractivity contribution is -0.125. The van der Waals surface area contributed by atoms with Gasteiger partial charge in [-0.1, -0.05) is 26.8 Å². The molecule has 0 radical (unpaired) electrons. The highest BCUT2D eigenvalue weighted by Gasteiger charge is 2.13. The number of nitrogens with zero attached hydrogens (tertiary/aromatic N) is 1. The van der Waals surface area contributed by atoms with Crippen molar-refractivity contribution in [2.24, 2.45) is 11.7 Å². The van der Waals surface area contributed by atoms with E-state index < -0.39 is 0 Å². The molecule has 2 N–H and O–H groups in total. The summed E-state index contributed by atoms with van der Waals surface area (Å²) in [6.45, 7) is 8.84. The molecule has 17 heavy (non-hydrogen) atoms. The van der Waals surface area contributed by atoms with E-state index in [1.807, 2.05) is 27.0 Å². The van der Waals surface area contributed by atoms with Gasteiger partial charge in [-0.2, -0.15) is 0 Å². The second-order valence-corrected chi connectivity index (χ2v) is 4.72. The van der Waals surface area contributed by atoms with Crippen LogP contribution in [0.4, 0.5) is 0 Å². The first-order chi connectivity index (χ1) is 7.40. The summed E-state index contributed by atoms with van der Waals surface area (Å²) < 4.78 is 0. The monoisotopic (exact) mass is 262 g/mol. The number of hydrogen-bond donors (Lipinski definition) is 1. The quantitative estimate of drug-likeness (QED) is 0.748. The normalized spacial score (nSPS) is 13.2. The van der Waals surface area contributed by atoms with Crippen LogP contribution in [0.2, 0.25) is 0 Å². The molecule has 0 aliphatic rings. The average molecular weight is 263 g/mol. The van der Waals surface area contributed by atoms with Crippen molar-refractivity contribution in [3.63, 3.8) is 0 Å². The van der Waals surface area contributed by atoms with Crippen LogP contribution in [0.15, 0.2) is 11.6 Å². The highest BCUT2D eigenvalue weighted by molar-refractivity contribution is 5.92. The van der Waals surface area contributed by atoms with Gasteiger partial charge in [-0.3, -0.25) is 4.79 Å². The zero-order valence-corrected chi connectivity index (χ0v) is 12.5. The third-order valence-electron chi connectivity index (χ3n) is 2.85. The molecule has 102 valence electrons. The number of likely N-dealkylation sites (N-methyl/N-ethyl adjacent to an activating group) is 1. The number of rotatable bonds is 6. The molecule has 0 heterocycles. The van der Waals surface area contributed by atoms with Crippen LogP contribution in [0.25, 0.3) is 0 Å². The van der Waals surface area contributed by atoms with E-state index in [9.17, 15) is 4.79 Å². The predicted molar refractivity (Wildman–Crippen MR) is 76.4 cm³/mol. The fraction of sp³-hybridized carbons (Fsp3) is 0.769. The lowest BCUT2D eigenvalue weighted by Crippen LogP contribution is -2.34. The molecule has 0 rings (SSSR count). The molecule has 1 atom stereocenters. The lowest BCUT2D eigenvalue weighted by Gasteiger charge is -2.21. The molecule has 1 amide bonds. The Morgan fingerprint density at radius 2 is 1.94 bits per heavy atom. The Kier molecular flexibility index (Phi) is 10.5. The fourth-order valence-corrected chi connectivity index (χ4v) is 1.47. The molecule has 3 nitrogen and oxygen atoms in total. The summed E-state index contributed by atoms with van der Waals surface area (Å²) in [6.07, 6.45) is 3.72. The summed E-state index contributed by atoms with van der Waals surface area (Å²) in [5.41, 5.74) is 6.77. The van der Waals surface area contributed by atoms with E-state index in [2.05, 4.69) is 13.8 Å². The molecule has 0 bridgehead atoms. The first kappa shape index (κ1) is 18.8. The number of carbonyl (C=O) groups excluding carboxylic acids is 1. The lowest BCUT2D eigenvalue weighted by atomic mass is 10.0. The third-order valence-corrected chi connectivity index (χ3v) is 2.85. The summed E-state index contributed by atoms with van der Waals surface area (Å²) in [6, 6.07) is 0.172. The van der Waals surface area contributed by atoms with Gasteiger partial charge < -0.3 is 10.6 Å². The van der Waals surface area contributed by atoms with Crippen LogP contribution in [0, 0.1) is 5.92 Å². The number of nitrogens with two attached hydrogens (primary N) is 1. The van der Waals surface area contributed by atoms with Crippen LogP contribution in [0.1, 0.15) is 40.5 Å². The molecule has 0 fully saturated rings. The van der Waals surface area contributed by atoms with Gasteiger partial charge in [-0.25, -0.2) is 0 Å². The predicted octanol–water partition coefficient (Wildman–Crippen LogP) is 2.60. The van der Waals surface area contributed by atoms with Gasteiger partial charge in [0.05, 0.1) is 0 Å². The molecule has 0 aromatic carbocycles. The largest absolute Gasteiger partial charge is 0.342 e. The minimum atomic E-state index is 0. The van der Waals surface area contributed by atoms with Crippen molar-refractivity contribution in [1.82, 2.24) is 4.90 Å². The molecule has 0 aromatic rings. The van der Waals surface area contributed by atoms with Gasteiger partial charge >= 0.3 is 0 Å². The van der Waals surface area contributed by atoms with Gasteiger partial charge in [0, 0.05) is 25.2 Å². The molecule has 0 spiro atoms. The Morgan fingerprint density at radius 3 is 2.35 bits per heavy atom. The Hall–Kier alpha value is -0.540. The van der Waals surface area contributed by atoms with Crippen LogP contribution in [-0.4, -0.2) is 30.4 Å². The second-order valence-electron chi connectivity index (χ2n) is 4.72. The van der Waals surface area contributed by atoms with Gasteiger partial charge in [0.25, 0.3) is 0 Å². The maximum Gasteiger partial charge on any atom is 0.248 e. The SMILES string of the molecule is CC/C=C(/C)C(=O)N(C)CCC(N)C(C)C.Cl. The molecule has 0 aliphatic carbocycles. The van der Waals surface area contributed by atoms with Crippen molar-refractivity contribution in [3.8, 4) is 0 Å². The zero-order chi connectivity index (χ0) is 12.7. The molecule has 0 aliphatic heterocycles. The van der Waals surface area contributed by atoms with E-state index in [0.29, 0.717) is 5.92 Å².